The van der Waals surface area contributed by atoms with Crippen LogP contribution in [0.4, 0.5) is 3.89 Å². The molecule has 0 bridgehead atoms. The molecular formula is C14H16FNO7S. The van der Waals surface area contributed by atoms with Gasteiger partial charge in [0.15, 0.2) is 11.5 Å². The Hall–Kier alpha value is -2.36. The number of aromatic hydroxyl groups is 2. The summed E-state index contributed by atoms with van der Waals surface area (Å²) in [4.78, 5) is 24.5. The van der Waals surface area contributed by atoms with E-state index in [0.717, 1.165) is 4.90 Å². The number of amides is 1. The summed E-state index contributed by atoms with van der Waals surface area (Å²) in [7, 11) is -4.76. The molecule has 3 N–H and O–H groups in total. The topological polar surface area (TPSA) is 132 Å². The summed E-state index contributed by atoms with van der Waals surface area (Å²) in [5.41, 5.74) is 0.368. The van der Waals surface area contributed by atoms with Crippen LogP contribution < -0.4 is 0 Å². The predicted octanol–water partition coefficient (Wildman–Crippen LogP) is 0.241. The molecule has 2 unspecified atom stereocenters. The minimum atomic E-state index is -4.76. The van der Waals surface area contributed by atoms with Gasteiger partial charge in [0, 0.05) is 25.3 Å². The van der Waals surface area contributed by atoms with Gasteiger partial charge in [-0.1, -0.05) is 6.07 Å². The van der Waals surface area contributed by atoms with Crippen LogP contribution in [0.3, 0.4) is 0 Å². The molecule has 1 aromatic rings. The van der Waals surface area contributed by atoms with Gasteiger partial charge in [0.2, 0.25) is 5.91 Å². The number of aliphatic carboxylic acids is 1. The summed E-state index contributed by atoms with van der Waals surface area (Å²) in [5.74, 6) is -4.30. The molecule has 0 radical (unpaired) electrons. The highest BCUT2D eigenvalue weighted by Crippen LogP contribution is 2.28. The number of phenols is 2. The number of rotatable bonds is 6. The fourth-order valence-electron chi connectivity index (χ4n) is 2.75. The molecule has 132 valence electrons. The quantitative estimate of drug-likeness (QED) is 0.488. The molecule has 1 aliphatic heterocycles. The minimum Gasteiger partial charge on any atom is -0.504 e. The van der Waals surface area contributed by atoms with Gasteiger partial charge in [0.25, 0.3) is 0 Å². The molecule has 1 amide bonds. The van der Waals surface area contributed by atoms with E-state index in [1.165, 1.54) is 18.2 Å². The molecule has 1 aromatic carbocycles. The third-order valence-electron chi connectivity index (χ3n) is 3.80. The standard InChI is InChI=1S/C14H16FNO7S/c15-24(22,23)7-9-5-13(19)16(6-9)10(14(20)21)3-8-1-2-11(17)12(18)4-8/h1-2,4,9-10,17-18H,3,5-7H2,(H,20,21). The predicted molar refractivity (Wildman–Crippen MR) is 79.6 cm³/mol. The Bertz CT molecular complexity index is 764. The number of carboxylic acid groups (broad SMARTS) is 1. The number of hydrogen-bond donors (Lipinski definition) is 3. The number of likely N-dealkylation sites (tertiary alicyclic amines) is 1. The normalized spacial score (nSPS) is 19.5. The molecule has 24 heavy (non-hydrogen) atoms. The van der Waals surface area contributed by atoms with Gasteiger partial charge in [0.05, 0.1) is 5.75 Å². The van der Waals surface area contributed by atoms with Gasteiger partial charge >= 0.3 is 16.2 Å². The van der Waals surface area contributed by atoms with Crippen molar-refractivity contribution in [2.45, 2.75) is 18.9 Å². The molecule has 1 aliphatic rings. The summed E-state index contributed by atoms with van der Waals surface area (Å²) in [6, 6.07) is 2.48. The lowest BCUT2D eigenvalue weighted by molar-refractivity contribution is -0.148. The molecule has 1 fully saturated rings. The van der Waals surface area contributed by atoms with Crippen molar-refractivity contribution in [3.63, 3.8) is 0 Å². The van der Waals surface area contributed by atoms with Gasteiger partial charge in [-0.05, 0) is 17.7 Å². The van der Waals surface area contributed by atoms with Crippen molar-refractivity contribution in [2.75, 3.05) is 12.3 Å². The first kappa shape index (κ1) is 18.0. The lowest BCUT2D eigenvalue weighted by atomic mass is 10.0. The Morgan fingerprint density at radius 1 is 1.33 bits per heavy atom. The van der Waals surface area contributed by atoms with Crippen LogP contribution in [0.2, 0.25) is 0 Å². The van der Waals surface area contributed by atoms with E-state index in [1.54, 1.807) is 0 Å². The number of carbonyl (C=O) groups is 2. The smallest absolute Gasteiger partial charge is 0.326 e. The van der Waals surface area contributed by atoms with Crippen molar-refractivity contribution < 1.29 is 37.2 Å². The van der Waals surface area contributed by atoms with Crippen molar-refractivity contribution in [3.8, 4) is 11.5 Å². The van der Waals surface area contributed by atoms with Crippen molar-refractivity contribution in [1.82, 2.24) is 4.90 Å². The zero-order chi connectivity index (χ0) is 18.1. The zero-order valence-electron chi connectivity index (χ0n) is 12.4. The first-order valence-corrected chi connectivity index (χ1v) is 8.57. The van der Waals surface area contributed by atoms with Crippen LogP contribution in [0.25, 0.3) is 0 Å². The first-order chi connectivity index (χ1) is 11.1. The van der Waals surface area contributed by atoms with E-state index >= 15 is 0 Å². The van der Waals surface area contributed by atoms with Crippen molar-refractivity contribution in [2.24, 2.45) is 5.92 Å². The molecule has 1 saturated heterocycles. The van der Waals surface area contributed by atoms with E-state index in [1.807, 2.05) is 0 Å². The largest absolute Gasteiger partial charge is 0.504 e. The van der Waals surface area contributed by atoms with Crippen LogP contribution in [-0.2, 0) is 26.2 Å². The second-order valence-electron chi connectivity index (χ2n) is 5.70. The molecule has 1 heterocycles. The van der Waals surface area contributed by atoms with E-state index in [4.69, 9.17) is 0 Å². The number of carboxylic acids is 1. The van der Waals surface area contributed by atoms with E-state index in [-0.39, 0.29) is 25.1 Å². The summed E-state index contributed by atoms with van der Waals surface area (Å²) >= 11 is 0. The van der Waals surface area contributed by atoms with Crippen LogP contribution in [0.15, 0.2) is 18.2 Å². The number of benzene rings is 1. The number of halogens is 1. The minimum absolute atomic E-state index is 0.149. The Kier molecular flexibility index (Phi) is 4.97. The van der Waals surface area contributed by atoms with Crippen LogP contribution in [-0.4, -0.2) is 58.9 Å². The summed E-state index contributed by atoms with van der Waals surface area (Å²) in [5, 5.41) is 28.1. The second-order valence-corrected chi connectivity index (χ2v) is 7.11. The average molecular weight is 361 g/mol. The second kappa shape index (κ2) is 6.63. The summed E-state index contributed by atoms with van der Waals surface area (Å²) in [6.07, 6.45) is -0.391. The van der Waals surface area contributed by atoms with E-state index in [9.17, 15) is 37.2 Å². The lowest BCUT2D eigenvalue weighted by Crippen LogP contribution is -2.43. The van der Waals surface area contributed by atoms with E-state index in [0.29, 0.717) is 5.56 Å². The van der Waals surface area contributed by atoms with Gasteiger partial charge in [-0.25, -0.2) is 4.79 Å². The van der Waals surface area contributed by atoms with Crippen LogP contribution in [0, 0.1) is 5.92 Å². The highest BCUT2D eigenvalue weighted by molar-refractivity contribution is 7.86. The van der Waals surface area contributed by atoms with Gasteiger partial charge in [-0.2, -0.15) is 8.42 Å². The maximum absolute atomic E-state index is 12.8. The summed E-state index contributed by atoms with van der Waals surface area (Å²) in [6.45, 7) is -0.178. The van der Waals surface area contributed by atoms with Crippen LogP contribution in [0.1, 0.15) is 12.0 Å². The Labute approximate surface area is 137 Å². The number of nitrogens with zero attached hydrogens (tertiary/aromatic N) is 1. The molecule has 0 saturated carbocycles. The van der Waals surface area contributed by atoms with Gasteiger partial charge in [-0.3, -0.25) is 4.79 Å². The molecule has 8 nitrogen and oxygen atoms in total. The SMILES string of the molecule is O=C(O)C(Cc1ccc(O)c(O)c1)N1CC(CS(=O)(=O)F)CC1=O. The van der Waals surface area contributed by atoms with Gasteiger partial charge in [-0.15, -0.1) is 3.89 Å². The Morgan fingerprint density at radius 3 is 2.54 bits per heavy atom. The fourth-order valence-corrected chi connectivity index (χ4v) is 3.54. The van der Waals surface area contributed by atoms with E-state index < -0.39 is 45.6 Å². The Balaban J connectivity index is 2.17. The maximum atomic E-state index is 12.8. The number of phenolic OH excluding ortho intramolecular Hbond substituents is 2. The average Bonchev–Trinajstić information content (AvgIpc) is 2.77. The molecular weight excluding hydrogens is 345 g/mol. The number of hydrogen-bond acceptors (Lipinski definition) is 6. The maximum Gasteiger partial charge on any atom is 0.326 e. The van der Waals surface area contributed by atoms with Crippen molar-refractivity contribution in [1.29, 1.82) is 0 Å². The summed E-state index contributed by atoms with van der Waals surface area (Å²) < 4.78 is 34.2. The number of carbonyl (C=O) groups excluding carboxylic acids is 1. The van der Waals surface area contributed by atoms with Gasteiger partial charge in [0.1, 0.15) is 6.04 Å². The van der Waals surface area contributed by atoms with Crippen molar-refractivity contribution >= 4 is 22.1 Å². The Morgan fingerprint density at radius 2 is 2.00 bits per heavy atom. The third-order valence-corrected chi connectivity index (χ3v) is 4.67. The first-order valence-electron chi connectivity index (χ1n) is 7.02. The van der Waals surface area contributed by atoms with Crippen LogP contribution in [0.5, 0.6) is 11.5 Å². The van der Waals surface area contributed by atoms with Gasteiger partial charge < -0.3 is 20.2 Å². The highest BCUT2D eigenvalue weighted by Gasteiger charge is 2.39. The van der Waals surface area contributed by atoms with E-state index in [2.05, 4.69) is 0 Å². The molecule has 0 aromatic heterocycles. The van der Waals surface area contributed by atoms with Crippen LogP contribution >= 0.6 is 0 Å². The molecule has 2 rings (SSSR count). The highest BCUT2D eigenvalue weighted by atomic mass is 32.3. The zero-order valence-corrected chi connectivity index (χ0v) is 13.2. The monoisotopic (exact) mass is 361 g/mol. The molecule has 2 atom stereocenters. The molecule has 0 aliphatic carbocycles. The molecule has 0 spiro atoms. The molecule has 10 heteroatoms. The lowest BCUT2D eigenvalue weighted by Gasteiger charge is -2.25. The van der Waals surface area contributed by atoms with Crippen molar-refractivity contribution in [3.05, 3.63) is 23.8 Å². The fraction of sp³-hybridized carbons (Fsp3) is 0.429. The third kappa shape index (κ3) is 4.34.